The van der Waals surface area contributed by atoms with Gasteiger partial charge < -0.3 is 19.6 Å². The largest absolute Gasteiger partial charge is 0.487 e. The van der Waals surface area contributed by atoms with Crippen LogP contribution in [0, 0.1) is 17.8 Å². The second-order valence-corrected chi connectivity index (χ2v) is 18.0. The fraction of sp³-hybridized carbons (Fsp3) is 0.658. The highest BCUT2D eigenvalue weighted by atomic mass is 35.5. The molecule has 1 saturated heterocycles. The summed E-state index contributed by atoms with van der Waals surface area (Å²) in [7, 11) is 0.327. The zero-order valence-corrected chi connectivity index (χ0v) is 31.2. The van der Waals surface area contributed by atoms with E-state index in [0.29, 0.717) is 42.8 Å². The number of fused-ring (bicyclic) bond motifs is 3. The van der Waals surface area contributed by atoms with Crippen molar-refractivity contribution >= 4 is 33.2 Å². The molecule has 2 aromatic carbocycles. The van der Waals surface area contributed by atoms with Gasteiger partial charge >= 0.3 is 0 Å². The summed E-state index contributed by atoms with van der Waals surface area (Å²) >= 11 is 6.38. The molecule has 2 bridgehead atoms. The predicted molar refractivity (Wildman–Crippen MR) is 196 cm³/mol. The number of hydrogen-bond donors (Lipinski definition) is 2. The number of ether oxygens (including phenoxy) is 1. The molecular weight excluding hydrogens is 660 g/mol. The molecule has 6 atom stereocenters. The standard InChI is InChI=1S/C38H55ClN4O5S/c1-26-8-7-17-38(45,25-42-19-16-33(23-42)41(3)4)34-14-11-30(34)22-43-18-6-5-9-28-20-32(39)13-10-31(28)24-48-36-15-12-29(21-35(36)43)37(44)40-49(46,47)27(26)2/h10,12-13,15,20-21,26-27,30,33-34,45H,5-9,11,14,16-19,22-25H2,1-4H3,(H,40,44)/t26-,27+,30?,33+,34+,38-/m0/s1. The molecule has 2 aromatic rings. The molecular formula is C38H55ClN4O5S. The number of aryl methyl sites for hydroxylation is 1. The summed E-state index contributed by atoms with van der Waals surface area (Å²) in [5.74, 6) is 0.270. The number of carbonyl (C=O) groups excluding carboxylic acids is 1. The van der Waals surface area contributed by atoms with Crippen LogP contribution in [-0.2, 0) is 23.1 Å². The Bertz CT molecular complexity index is 1600. The van der Waals surface area contributed by atoms with Gasteiger partial charge in [0.2, 0.25) is 10.0 Å². The highest BCUT2D eigenvalue weighted by molar-refractivity contribution is 7.90. The number of hydrogen-bond acceptors (Lipinski definition) is 8. The van der Waals surface area contributed by atoms with Gasteiger partial charge in [-0.25, -0.2) is 13.1 Å². The average Bonchev–Trinajstić information content (AvgIpc) is 3.49. The lowest BCUT2D eigenvalue weighted by molar-refractivity contribution is -0.103. The van der Waals surface area contributed by atoms with Crippen LogP contribution in [0.25, 0.3) is 0 Å². The number of nitrogens with zero attached hydrogens (tertiary/aromatic N) is 3. The van der Waals surface area contributed by atoms with Crippen molar-refractivity contribution in [3.63, 3.8) is 0 Å². The van der Waals surface area contributed by atoms with E-state index >= 15 is 0 Å². The lowest BCUT2D eigenvalue weighted by Crippen LogP contribution is -2.56. The van der Waals surface area contributed by atoms with Gasteiger partial charge in [-0.05, 0) is 138 Å². The lowest BCUT2D eigenvalue weighted by atomic mass is 9.62. The second-order valence-electron chi connectivity index (χ2n) is 15.5. The van der Waals surface area contributed by atoms with Crippen LogP contribution in [0.5, 0.6) is 5.75 Å². The van der Waals surface area contributed by atoms with Gasteiger partial charge in [-0.1, -0.05) is 31.0 Å². The van der Waals surface area contributed by atoms with Gasteiger partial charge in [-0.2, -0.15) is 0 Å². The van der Waals surface area contributed by atoms with Crippen molar-refractivity contribution in [2.24, 2.45) is 17.8 Å². The molecule has 4 aliphatic rings. The molecule has 11 heteroatoms. The molecule has 0 aromatic heterocycles. The number of nitrogens with one attached hydrogen (secondary N) is 1. The summed E-state index contributed by atoms with van der Waals surface area (Å²) in [6.45, 7) is 8.03. The molecule has 3 heterocycles. The maximum atomic E-state index is 13.5. The fourth-order valence-corrected chi connectivity index (χ4v) is 10.1. The molecule has 3 aliphatic heterocycles. The highest BCUT2D eigenvalue weighted by Crippen LogP contribution is 2.47. The number of benzene rings is 2. The van der Waals surface area contributed by atoms with Gasteiger partial charge in [0.15, 0.2) is 0 Å². The predicted octanol–water partition coefficient (Wildman–Crippen LogP) is 5.72. The Kier molecular flexibility index (Phi) is 11.2. The first-order valence-corrected chi connectivity index (χ1v) is 20.2. The van der Waals surface area contributed by atoms with Crippen molar-refractivity contribution in [1.29, 1.82) is 0 Å². The molecule has 1 amide bonds. The lowest BCUT2D eigenvalue weighted by Gasteiger charge is -2.50. The minimum atomic E-state index is -3.94. The summed E-state index contributed by atoms with van der Waals surface area (Å²) in [4.78, 5) is 20.6. The number of carbonyl (C=O) groups is 1. The van der Waals surface area contributed by atoms with E-state index < -0.39 is 26.8 Å². The van der Waals surface area contributed by atoms with Crippen molar-refractivity contribution in [1.82, 2.24) is 14.5 Å². The molecule has 270 valence electrons. The second kappa shape index (κ2) is 15.1. The van der Waals surface area contributed by atoms with Crippen molar-refractivity contribution in [2.45, 2.75) is 95.1 Å². The average molecular weight is 715 g/mol. The number of anilines is 1. The Morgan fingerprint density at radius 1 is 1.00 bits per heavy atom. The maximum Gasteiger partial charge on any atom is 0.264 e. The Labute approximate surface area is 298 Å². The number of halogens is 1. The normalized spacial score (nSPS) is 31.4. The summed E-state index contributed by atoms with van der Waals surface area (Å²) < 4.78 is 35.9. The topological polar surface area (TPSA) is 102 Å². The van der Waals surface area contributed by atoms with Crippen LogP contribution in [0.4, 0.5) is 5.69 Å². The molecule has 6 rings (SSSR count). The molecule has 0 spiro atoms. The van der Waals surface area contributed by atoms with Gasteiger partial charge in [0.25, 0.3) is 5.91 Å². The number of likely N-dealkylation sites (tertiary alicyclic amines) is 1. The molecule has 1 aliphatic carbocycles. The number of rotatable bonds is 3. The first-order chi connectivity index (χ1) is 23.3. The van der Waals surface area contributed by atoms with Crippen molar-refractivity contribution < 1.29 is 23.1 Å². The van der Waals surface area contributed by atoms with E-state index in [1.165, 1.54) is 5.56 Å². The fourth-order valence-electron chi connectivity index (χ4n) is 8.56. The summed E-state index contributed by atoms with van der Waals surface area (Å²) in [6, 6.07) is 11.7. The van der Waals surface area contributed by atoms with Gasteiger partial charge in [0.05, 0.1) is 16.5 Å². The maximum absolute atomic E-state index is 13.5. The van der Waals surface area contributed by atoms with Gasteiger partial charge in [0.1, 0.15) is 12.4 Å². The number of likely N-dealkylation sites (N-methyl/N-ethyl adjacent to an activating group) is 1. The number of amides is 1. The van der Waals surface area contributed by atoms with E-state index in [1.54, 1.807) is 25.1 Å². The summed E-state index contributed by atoms with van der Waals surface area (Å²) in [6.07, 6.45) is 7.90. The molecule has 2 fully saturated rings. The Morgan fingerprint density at radius 3 is 2.55 bits per heavy atom. The van der Waals surface area contributed by atoms with Crippen LogP contribution in [0.1, 0.15) is 86.7 Å². The summed E-state index contributed by atoms with van der Waals surface area (Å²) in [5.41, 5.74) is 2.47. The van der Waals surface area contributed by atoms with Crippen LogP contribution >= 0.6 is 11.6 Å². The third-order valence-corrected chi connectivity index (χ3v) is 14.2. The van der Waals surface area contributed by atoms with E-state index in [9.17, 15) is 18.3 Å². The van der Waals surface area contributed by atoms with Crippen LogP contribution < -0.4 is 14.4 Å². The van der Waals surface area contributed by atoms with E-state index in [2.05, 4.69) is 33.5 Å². The Hall–Kier alpha value is -2.37. The van der Waals surface area contributed by atoms with Gasteiger partial charge in [-0.15, -0.1) is 0 Å². The molecule has 2 N–H and O–H groups in total. The molecule has 49 heavy (non-hydrogen) atoms. The van der Waals surface area contributed by atoms with Crippen LogP contribution in [0.2, 0.25) is 5.02 Å². The van der Waals surface area contributed by atoms with E-state index in [1.807, 2.05) is 25.1 Å². The monoisotopic (exact) mass is 714 g/mol. The third kappa shape index (κ3) is 8.25. The summed E-state index contributed by atoms with van der Waals surface area (Å²) in [5, 5.41) is 12.6. The van der Waals surface area contributed by atoms with E-state index in [-0.39, 0.29) is 23.3 Å². The molecule has 9 nitrogen and oxygen atoms in total. The van der Waals surface area contributed by atoms with Gasteiger partial charge in [-0.3, -0.25) is 9.69 Å². The van der Waals surface area contributed by atoms with Crippen LogP contribution in [0.3, 0.4) is 0 Å². The quantitative estimate of drug-likeness (QED) is 0.417. The smallest absolute Gasteiger partial charge is 0.264 e. The number of β-amino-alcohol motifs (C(OH)–C–C–N with tert-alkyl or cyclic N) is 1. The Morgan fingerprint density at radius 2 is 1.82 bits per heavy atom. The van der Waals surface area contributed by atoms with Crippen molar-refractivity contribution in [3.8, 4) is 5.75 Å². The number of aliphatic hydroxyl groups is 1. The van der Waals surface area contributed by atoms with Crippen LogP contribution in [-0.4, -0.2) is 92.9 Å². The zero-order valence-electron chi connectivity index (χ0n) is 29.7. The first-order valence-electron chi connectivity index (χ1n) is 18.3. The van der Waals surface area contributed by atoms with E-state index in [0.717, 1.165) is 82.4 Å². The highest BCUT2D eigenvalue weighted by Gasteiger charge is 2.48. The van der Waals surface area contributed by atoms with Gasteiger partial charge in [0, 0.05) is 42.8 Å². The first kappa shape index (κ1) is 36.4. The zero-order chi connectivity index (χ0) is 34.9. The van der Waals surface area contributed by atoms with Crippen molar-refractivity contribution in [3.05, 3.63) is 58.1 Å². The Balaban J connectivity index is 1.36. The molecule has 1 saturated carbocycles. The van der Waals surface area contributed by atoms with Crippen LogP contribution in [0.15, 0.2) is 36.4 Å². The van der Waals surface area contributed by atoms with Crippen molar-refractivity contribution in [2.75, 3.05) is 51.7 Å². The minimum Gasteiger partial charge on any atom is -0.487 e. The SMILES string of the molecule is C[C@@H]1[C@@H](C)CCC[C@](O)(CN2CC[C@@H](N(C)C)C2)[C@@H]2CCC2CN2CCCCc3cc(Cl)ccc3COc3ccc(cc32)C(=O)NS1(=O)=O. The van der Waals surface area contributed by atoms with E-state index in [4.69, 9.17) is 16.3 Å². The minimum absolute atomic E-state index is 0.135. The molecule has 0 radical (unpaired) electrons. The third-order valence-electron chi connectivity index (χ3n) is 12.1. The number of sulfonamides is 1. The molecule has 1 unspecified atom stereocenters.